The molecule has 2 rings (SSSR count). The summed E-state index contributed by atoms with van der Waals surface area (Å²) in [5.74, 6) is -0.105. The summed E-state index contributed by atoms with van der Waals surface area (Å²) in [5, 5.41) is 3.03. The molecular formula is C18H32N2O4. The monoisotopic (exact) mass is 340 g/mol. The van der Waals surface area contributed by atoms with E-state index in [-0.39, 0.29) is 18.1 Å². The minimum atomic E-state index is -0.461. The molecule has 1 amide bonds. The third-order valence-electron chi connectivity index (χ3n) is 4.71. The van der Waals surface area contributed by atoms with E-state index in [4.69, 9.17) is 9.47 Å². The second kappa shape index (κ2) is 8.19. The molecule has 2 unspecified atom stereocenters. The Kier molecular flexibility index (Phi) is 6.49. The lowest BCUT2D eigenvalue weighted by atomic mass is 9.97. The fourth-order valence-corrected chi connectivity index (χ4v) is 3.87. The summed E-state index contributed by atoms with van der Waals surface area (Å²) in [6.45, 7) is 8.85. The molecule has 2 fully saturated rings. The van der Waals surface area contributed by atoms with E-state index in [1.807, 2.05) is 27.7 Å². The van der Waals surface area contributed by atoms with Crippen molar-refractivity contribution in [3.63, 3.8) is 0 Å². The molecule has 0 aliphatic carbocycles. The van der Waals surface area contributed by atoms with Crippen LogP contribution in [0.4, 0.5) is 4.79 Å². The van der Waals surface area contributed by atoms with Crippen molar-refractivity contribution in [3.8, 4) is 0 Å². The van der Waals surface area contributed by atoms with Crippen molar-refractivity contribution in [1.29, 1.82) is 0 Å². The molecule has 2 heterocycles. The predicted molar refractivity (Wildman–Crippen MR) is 91.8 cm³/mol. The average molecular weight is 340 g/mol. The molecule has 2 saturated heterocycles. The minimum absolute atomic E-state index is 0.105. The maximum atomic E-state index is 12.0. The number of carbonyl (C=O) groups excluding carboxylic acids is 2. The molecule has 24 heavy (non-hydrogen) atoms. The Morgan fingerprint density at radius 1 is 1.17 bits per heavy atom. The molecule has 6 nitrogen and oxygen atoms in total. The molecule has 2 aliphatic rings. The van der Waals surface area contributed by atoms with E-state index < -0.39 is 5.60 Å². The fourth-order valence-electron chi connectivity index (χ4n) is 3.87. The molecule has 6 heteroatoms. The number of esters is 1. The Balaban J connectivity index is 1.75. The Hall–Kier alpha value is -1.30. The van der Waals surface area contributed by atoms with Crippen molar-refractivity contribution in [2.45, 2.75) is 89.9 Å². The largest absolute Gasteiger partial charge is 0.466 e. The van der Waals surface area contributed by atoms with Crippen LogP contribution in [-0.4, -0.2) is 53.8 Å². The normalized spacial score (nSPS) is 26.9. The molecule has 0 aromatic rings. The maximum Gasteiger partial charge on any atom is 0.407 e. The number of nitrogens with zero attached hydrogens (tertiary/aromatic N) is 1. The van der Waals surface area contributed by atoms with Crippen LogP contribution in [0, 0.1) is 0 Å². The highest BCUT2D eigenvalue weighted by molar-refractivity contribution is 5.69. The van der Waals surface area contributed by atoms with Crippen LogP contribution in [0.5, 0.6) is 0 Å². The highest BCUT2D eigenvalue weighted by Crippen LogP contribution is 2.36. The van der Waals surface area contributed by atoms with Crippen LogP contribution in [0.3, 0.4) is 0 Å². The zero-order valence-electron chi connectivity index (χ0n) is 15.5. The van der Waals surface area contributed by atoms with E-state index in [1.165, 1.54) is 12.8 Å². The van der Waals surface area contributed by atoms with Crippen LogP contribution in [-0.2, 0) is 14.3 Å². The number of nitrogens with one attached hydrogen (secondary N) is 1. The number of amides is 1. The van der Waals surface area contributed by atoms with Crippen LogP contribution in [0.1, 0.15) is 66.2 Å². The quantitative estimate of drug-likeness (QED) is 0.753. The minimum Gasteiger partial charge on any atom is -0.466 e. The van der Waals surface area contributed by atoms with E-state index in [1.54, 1.807) is 0 Å². The van der Waals surface area contributed by atoms with Crippen LogP contribution < -0.4 is 5.32 Å². The number of fused-ring (bicyclic) bond motifs is 2. The summed E-state index contributed by atoms with van der Waals surface area (Å²) in [4.78, 5) is 25.9. The Bertz CT molecular complexity index is 433. The zero-order valence-corrected chi connectivity index (χ0v) is 15.5. The Morgan fingerprint density at radius 3 is 2.33 bits per heavy atom. The van der Waals surface area contributed by atoms with Crippen molar-refractivity contribution in [1.82, 2.24) is 10.2 Å². The number of alkyl carbamates (subject to hydrolysis) is 1. The van der Waals surface area contributed by atoms with Gasteiger partial charge in [-0.25, -0.2) is 4.79 Å². The van der Waals surface area contributed by atoms with Gasteiger partial charge in [-0.3, -0.25) is 9.69 Å². The first kappa shape index (κ1) is 19.0. The number of hydrogen-bond donors (Lipinski definition) is 1. The van der Waals surface area contributed by atoms with Gasteiger partial charge in [-0.1, -0.05) is 0 Å². The number of carbonyl (C=O) groups is 2. The van der Waals surface area contributed by atoms with Crippen molar-refractivity contribution >= 4 is 12.1 Å². The average Bonchev–Trinajstić information content (AvgIpc) is 2.68. The SMILES string of the molecule is CCOC(=O)CCCN1C2CCC1CC(NC(=O)OC(C)(C)C)C2. The van der Waals surface area contributed by atoms with Crippen LogP contribution in [0.15, 0.2) is 0 Å². The standard InChI is InChI=1S/C18H32N2O4/c1-5-23-16(21)7-6-10-20-14-8-9-15(20)12-13(11-14)19-17(22)24-18(2,3)4/h13-15H,5-12H2,1-4H3,(H,19,22). The summed E-state index contributed by atoms with van der Waals surface area (Å²) in [6, 6.07) is 1.20. The smallest absolute Gasteiger partial charge is 0.407 e. The maximum absolute atomic E-state index is 12.0. The number of ether oxygens (including phenoxy) is 2. The topological polar surface area (TPSA) is 67.9 Å². The lowest BCUT2D eigenvalue weighted by Crippen LogP contribution is -2.51. The van der Waals surface area contributed by atoms with Crippen molar-refractivity contribution < 1.29 is 19.1 Å². The number of rotatable bonds is 6. The van der Waals surface area contributed by atoms with E-state index >= 15 is 0 Å². The second-order valence-electron chi connectivity index (χ2n) is 7.85. The van der Waals surface area contributed by atoms with Gasteiger partial charge >= 0.3 is 12.1 Å². The van der Waals surface area contributed by atoms with Gasteiger partial charge in [-0.05, 0) is 66.3 Å². The van der Waals surface area contributed by atoms with E-state index in [0.29, 0.717) is 25.1 Å². The van der Waals surface area contributed by atoms with Gasteiger partial charge in [0.05, 0.1) is 6.61 Å². The lowest BCUT2D eigenvalue weighted by Gasteiger charge is -2.39. The highest BCUT2D eigenvalue weighted by atomic mass is 16.6. The third kappa shape index (κ3) is 5.65. The molecule has 138 valence electrons. The summed E-state index contributed by atoms with van der Waals surface area (Å²) in [5.41, 5.74) is -0.461. The van der Waals surface area contributed by atoms with Gasteiger partial charge in [0, 0.05) is 24.5 Å². The number of hydrogen-bond acceptors (Lipinski definition) is 5. The first-order chi connectivity index (χ1) is 11.3. The van der Waals surface area contributed by atoms with Gasteiger partial charge < -0.3 is 14.8 Å². The molecule has 2 bridgehead atoms. The van der Waals surface area contributed by atoms with Gasteiger partial charge in [0.1, 0.15) is 5.60 Å². The lowest BCUT2D eigenvalue weighted by molar-refractivity contribution is -0.143. The van der Waals surface area contributed by atoms with Gasteiger partial charge in [-0.2, -0.15) is 0 Å². The van der Waals surface area contributed by atoms with Crippen molar-refractivity contribution in [3.05, 3.63) is 0 Å². The van der Waals surface area contributed by atoms with Gasteiger partial charge in [0.25, 0.3) is 0 Å². The molecule has 2 atom stereocenters. The van der Waals surface area contributed by atoms with E-state index in [2.05, 4.69) is 10.2 Å². The van der Waals surface area contributed by atoms with Gasteiger partial charge in [0.15, 0.2) is 0 Å². The first-order valence-corrected chi connectivity index (χ1v) is 9.19. The fraction of sp³-hybridized carbons (Fsp3) is 0.889. The summed E-state index contributed by atoms with van der Waals surface area (Å²) in [6.07, 6.45) is 5.30. The summed E-state index contributed by atoms with van der Waals surface area (Å²) < 4.78 is 10.3. The predicted octanol–water partition coefficient (Wildman–Crippen LogP) is 2.85. The molecule has 0 aromatic heterocycles. The summed E-state index contributed by atoms with van der Waals surface area (Å²) in [7, 11) is 0. The molecule has 0 radical (unpaired) electrons. The molecular weight excluding hydrogens is 308 g/mol. The second-order valence-corrected chi connectivity index (χ2v) is 7.85. The first-order valence-electron chi connectivity index (χ1n) is 9.19. The van der Waals surface area contributed by atoms with Crippen LogP contribution in [0.2, 0.25) is 0 Å². The van der Waals surface area contributed by atoms with Crippen molar-refractivity contribution in [2.24, 2.45) is 0 Å². The Labute approximate surface area is 145 Å². The van der Waals surface area contributed by atoms with E-state index in [0.717, 1.165) is 25.8 Å². The van der Waals surface area contributed by atoms with Crippen LogP contribution in [0.25, 0.3) is 0 Å². The number of piperidine rings is 1. The van der Waals surface area contributed by atoms with Gasteiger partial charge in [0.2, 0.25) is 0 Å². The molecule has 2 aliphatic heterocycles. The molecule has 0 aromatic carbocycles. The molecule has 0 saturated carbocycles. The third-order valence-corrected chi connectivity index (χ3v) is 4.71. The zero-order chi connectivity index (χ0) is 17.7. The highest BCUT2D eigenvalue weighted by Gasteiger charge is 2.41. The molecule has 0 spiro atoms. The van der Waals surface area contributed by atoms with Crippen LogP contribution >= 0.6 is 0 Å². The molecule has 1 N–H and O–H groups in total. The van der Waals surface area contributed by atoms with Gasteiger partial charge in [-0.15, -0.1) is 0 Å². The van der Waals surface area contributed by atoms with Crippen molar-refractivity contribution in [2.75, 3.05) is 13.2 Å². The summed E-state index contributed by atoms with van der Waals surface area (Å²) >= 11 is 0. The van der Waals surface area contributed by atoms with E-state index in [9.17, 15) is 9.59 Å². The Morgan fingerprint density at radius 2 is 1.79 bits per heavy atom.